The van der Waals surface area contributed by atoms with E-state index in [4.69, 9.17) is 44.1 Å². The number of anilines is 2. The van der Waals surface area contributed by atoms with E-state index >= 15 is 0 Å². The van der Waals surface area contributed by atoms with Gasteiger partial charge in [-0.05, 0) is 24.3 Å². The van der Waals surface area contributed by atoms with Crippen molar-refractivity contribution < 1.29 is 14.3 Å². The molecule has 2 atom stereocenters. The third kappa shape index (κ3) is 4.83. The van der Waals surface area contributed by atoms with Crippen LogP contribution >= 0.6 is 45.9 Å². The van der Waals surface area contributed by atoms with Gasteiger partial charge in [-0.15, -0.1) is 35.8 Å². The zero-order chi connectivity index (χ0) is 24.4. The standard InChI is InChI=1S/C23H20Cl2N4O3S2/c1-3-5-13(21-28-19-15(33-21)9-7-11(26)17(19)24)31-23(30)32-14(6-4-2)22-29-20-16(34-22)10-8-12(27)18(20)25/h3-4,7-10,13-14H,1-2,5-6,26-27H2. The van der Waals surface area contributed by atoms with Gasteiger partial charge in [0.15, 0.2) is 12.2 Å². The van der Waals surface area contributed by atoms with Crippen LogP contribution in [0.15, 0.2) is 49.6 Å². The number of nitrogens with zero attached hydrogens (tertiary/aromatic N) is 2. The van der Waals surface area contributed by atoms with E-state index in [9.17, 15) is 4.79 Å². The molecule has 4 rings (SSSR count). The Bertz CT molecular complexity index is 1300. The number of carbonyl (C=O) groups excluding carboxylic acids is 1. The Hall–Kier alpha value is -2.85. The van der Waals surface area contributed by atoms with Crippen LogP contribution < -0.4 is 11.5 Å². The van der Waals surface area contributed by atoms with Crippen LogP contribution in [0.2, 0.25) is 10.0 Å². The fourth-order valence-electron chi connectivity index (χ4n) is 3.23. The average Bonchev–Trinajstić information content (AvgIpc) is 3.44. The van der Waals surface area contributed by atoms with E-state index in [0.717, 1.165) is 9.40 Å². The minimum Gasteiger partial charge on any atom is -0.423 e. The molecule has 0 aliphatic heterocycles. The van der Waals surface area contributed by atoms with E-state index in [2.05, 4.69) is 23.1 Å². The van der Waals surface area contributed by atoms with Crippen LogP contribution in [0.3, 0.4) is 0 Å². The Labute approximate surface area is 213 Å². The minimum absolute atomic E-state index is 0.337. The Morgan fingerprint density at radius 1 is 0.882 bits per heavy atom. The molecule has 0 aliphatic carbocycles. The van der Waals surface area contributed by atoms with Crippen molar-refractivity contribution in [3.8, 4) is 0 Å². The number of fused-ring (bicyclic) bond motifs is 2. The van der Waals surface area contributed by atoms with Gasteiger partial charge >= 0.3 is 6.16 Å². The number of nitrogens with two attached hydrogens (primary N) is 2. The number of nitrogen functional groups attached to an aromatic ring is 2. The van der Waals surface area contributed by atoms with Gasteiger partial charge in [-0.1, -0.05) is 35.4 Å². The summed E-state index contributed by atoms with van der Waals surface area (Å²) in [4.78, 5) is 21.9. The normalized spacial score (nSPS) is 13.0. The molecular weight excluding hydrogens is 515 g/mol. The monoisotopic (exact) mass is 534 g/mol. The second-order valence-corrected chi connectivity index (χ2v) is 10.1. The highest BCUT2D eigenvalue weighted by atomic mass is 35.5. The van der Waals surface area contributed by atoms with Crippen LogP contribution in [0.5, 0.6) is 0 Å². The van der Waals surface area contributed by atoms with Crippen molar-refractivity contribution in [3.63, 3.8) is 0 Å². The number of carbonyl (C=O) groups is 1. The van der Waals surface area contributed by atoms with Crippen molar-refractivity contribution in [2.45, 2.75) is 25.0 Å². The van der Waals surface area contributed by atoms with Crippen molar-refractivity contribution in [2.75, 3.05) is 11.5 Å². The molecule has 176 valence electrons. The van der Waals surface area contributed by atoms with Gasteiger partial charge in [0.1, 0.15) is 21.0 Å². The molecule has 0 bridgehead atoms. The fraction of sp³-hybridized carbons (Fsp3) is 0.174. The molecule has 0 amide bonds. The highest BCUT2D eigenvalue weighted by Gasteiger charge is 2.26. The van der Waals surface area contributed by atoms with E-state index < -0.39 is 18.4 Å². The number of thiazole rings is 2. The van der Waals surface area contributed by atoms with Gasteiger partial charge in [-0.2, -0.15) is 0 Å². The van der Waals surface area contributed by atoms with Crippen molar-refractivity contribution in [1.29, 1.82) is 0 Å². The highest BCUT2D eigenvalue weighted by molar-refractivity contribution is 7.19. The maximum atomic E-state index is 12.8. The first kappa shape index (κ1) is 24.3. The second kappa shape index (κ2) is 10.2. The summed E-state index contributed by atoms with van der Waals surface area (Å²) < 4.78 is 12.9. The molecule has 2 aromatic heterocycles. The van der Waals surface area contributed by atoms with Gasteiger partial charge < -0.3 is 20.9 Å². The number of hydrogen-bond acceptors (Lipinski definition) is 9. The number of benzene rings is 2. The van der Waals surface area contributed by atoms with Crippen LogP contribution in [0.1, 0.15) is 35.1 Å². The predicted molar refractivity (Wildman–Crippen MR) is 141 cm³/mol. The number of hydrogen-bond donors (Lipinski definition) is 2. The maximum Gasteiger partial charge on any atom is 0.509 e. The van der Waals surface area contributed by atoms with Crippen LogP contribution in [-0.2, 0) is 9.47 Å². The second-order valence-electron chi connectivity index (χ2n) is 7.25. The molecule has 4 N–H and O–H groups in total. The van der Waals surface area contributed by atoms with E-state index in [0.29, 0.717) is 55.3 Å². The number of ether oxygens (including phenoxy) is 2. The van der Waals surface area contributed by atoms with Crippen LogP contribution in [0, 0.1) is 0 Å². The SMILES string of the molecule is C=CCC(OC(=O)OC(CC=C)c1nc2c(Cl)c(N)ccc2s1)c1nc2c(Cl)c(N)ccc2s1. The molecular formula is C23H20Cl2N4O3S2. The highest BCUT2D eigenvalue weighted by Crippen LogP contribution is 2.38. The molecule has 7 nitrogen and oxygen atoms in total. The summed E-state index contributed by atoms with van der Waals surface area (Å²) in [7, 11) is 0. The summed E-state index contributed by atoms with van der Waals surface area (Å²) >= 11 is 15.3. The molecule has 34 heavy (non-hydrogen) atoms. The van der Waals surface area contributed by atoms with Gasteiger partial charge in [0.05, 0.1) is 30.8 Å². The summed E-state index contributed by atoms with van der Waals surface area (Å²) in [6.07, 6.45) is 1.69. The van der Waals surface area contributed by atoms with Gasteiger partial charge in [0.25, 0.3) is 0 Å². The summed E-state index contributed by atoms with van der Waals surface area (Å²) in [5.41, 5.74) is 13.7. The zero-order valence-electron chi connectivity index (χ0n) is 17.8. The largest absolute Gasteiger partial charge is 0.509 e. The van der Waals surface area contributed by atoms with E-state index in [-0.39, 0.29) is 0 Å². The van der Waals surface area contributed by atoms with Crippen molar-refractivity contribution >= 4 is 83.8 Å². The average molecular weight is 535 g/mol. The first-order valence-electron chi connectivity index (χ1n) is 10.1. The summed E-state index contributed by atoms with van der Waals surface area (Å²) in [6, 6.07) is 7.07. The molecule has 0 spiro atoms. The smallest absolute Gasteiger partial charge is 0.423 e. The van der Waals surface area contributed by atoms with Crippen LogP contribution in [-0.4, -0.2) is 16.1 Å². The van der Waals surface area contributed by atoms with Gasteiger partial charge in [-0.3, -0.25) is 0 Å². The summed E-state index contributed by atoms with van der Waals surface area (Å²) in [6.45, 7) is 7.50. The molecule has 2 unspecified atom stereocenters. The van der Waals surface area contributed by atoms with Gasteiger partial charge in [0, 0.05) is 12.8 Å². The lowest BCUT2D eigenvalue weighted by Gasteiger charge is -2.17. The quantitative estimate of drug-likeness (QED) is 0.137. The molecule has 0 fully saturated rings. The molecule has 0 saturated carbocycles. The maximum absolute atomic E-state index is 12.8. The van der Waals surface area contributed by atoms with Gasteiger partial charge in [-0.25, -0.2) is 14.8 Å². The first-order valence-corrected chi connectivity index (χ1v) is 12.5. The van der Waals surface area contributed by atoms with Crippen LogP contribution in [0.4, 0.5) is 16.2 Å². The van der Waals surface area contributed by atoms with E-state index in [1.807, 2.05) is 12.1 Å². The molecule has 2 aromatic carbocycles. The Balaban J connectivity index is 1.56. The molecule has 4 aromatic rings. The Morgan fingerprint density at radius 3 is 1.68 bits per heavy atom. The Morgan fingerprint density at radius 2 is 1.29 bits per heavy atom. The number of aromatic nitrogens is 2. The first-order chi connectivity index (χ1) is 16.3. The lowest BCUT2D eigenvalue weighted by molar-refractivity contribution is -0.00177. The molecule has 11 heteroatoms. The third-order valence-electron chi connectivity index (χ3n) is 4.88. The lowest BCUT2D eigenvalue weighted by atomic mass is 10.2. The zero-order valence-corrected chi connectivity index (χ0v) is 20.9. The van der Waals surface area contributed by atoms with Crippen molar-refractivity contribution in [3.05, 3.63) is 69.6 Å². The number of halogens is 2. The van der Waals surface area contributed by atoms with Crippen molar-refractivity contribution in [2.24, 2.45) is 0 Å². The summed E-state index contributed by atoms with van der Waals surface area (Å²) in [5, 5.41) is 1.84. The topological polar surface area (TPSA) is 113 Å². The summed E-state index contributed by atoms with van der Waals surface area (Å²) in [5.74, 6) is 0. The van der Waals surface area contributed by atoms with Crippen LogP contribution in [0.25, 0.3) is 20.4 Å². The lowest BCUT2D eigenvalue weighted by Crippen LogP contribution is -2.16. The molecule has 0 saturated heterocycles. The molecule has 0 radical (unpaired) electrons. The van der Waals surface area contributed by atoms with Crippen molar-refractivity contribution in [1.82, 2.24) is 9.97 Å². The van der Waals surface area contributed by atoms with E-state index in [1.165, 1.54) is 22.7 Å². The van der Waals surface area contributed by atoms with Gasteiger partial charge in [0.2, 0.25) is 0 Å². The van der Waals surface area contributed by atoms with E-state index in [1.54, 1.807) is 24.3 Å². The molecule has 0 aliphatic rings. The minimum atomic E-state index is -0.867. The number of rotatable bonds is 8. The predicted octanol–water partition coefficient (Wildman–Crippen LogP) is 7.47. The molecule has 2 heterocycles. The third-order valence-corrected chi connectivity index (χ3v) is 7.90. The fourth-order valence-corrected chi connectivity index (χ4v) is 5.79. The Kier molecular flexibility index (Phi) is 7.27.